The SMILES string of the molecule is COc1ccc(Cl)cc1NC(=O)CN(C)CC(=O)NCc1ccc(-c2ccc(Cl)cc2)o1. The minimum atomic E-state index is -0.292. The summed E-state index contributed by atoms with van der Waals surface area (Å²) in [6.07, 6.45) is 0. The van der Waals surface area contributed by atoms with Crippen molar-refractivity contribution in [3.05, 3.63) is 70.4 Å². The van der Waals surface area contributed by atoms with E-state index in [-0.39, 0.29) is 31.4 Å². The number of likely N-dealkylation sites (N-methyl/N-ethyl adjacent to an activating group) is 1. The molecule has 0 spiro atoms. The molecule has 7 nitrogen and oxygen atoms in total. The number of carbonyl (C=O) groups excluding carboxylic acids is 2. The van der Waals surface area contributed by atoms with Gasteiger partial charge in [-0.1, -0.05) is 23.2 Å². The zero-order chi connectivity index (χ0) is 23.1. The Labute approximate surface area is 196 Å². The lowest BCUT2D eigenvalue weighted by Gasteiger charge is -2.16. The van der Waals surface area contributed by atoms with E-state index in [0.29, 0.717) is 33.0 Å². The number of furan rings is 1. The van der Waals surface area contributed by atoms with Gasteiger partial charge < -0.3 is 19.8 Å². The first-order valence-electron chi connectivity index (χ1n) is 9.77. The monoisotopic (exact) mass is 475 g/mol. The number of ether oxygens (including phenoxy) is 1. The summed E-state index contributed by atoms with van der Waals surface area (Å²) in [5, 5.41) is 6.66. The van der Waals surface area contributed by atoms with E-state index >= 15 is 0 Å². The van der Waals surface area contributed by atoms with Crippen molar-refractivity contribution in [2.75, 3.05) is 32.6 Å². The number of carbonyl (C=O) groups is 2. The average Bonchev–Trinajstić information content (AvgIpc) is 3.22. The molecule has 32 heavy (non-hydrogen) atoms. The van der Waals surface area contributed by atoms with Crippen LogP contribution in [0.2, 0.25) is 10.0 Å². The first-order chi connectivity index (χ1) is 15.3. The Bertz CT molecular complexity index is 1080. The van der Waals surface area contributed by atoms with Crippen LogP contribution < -0.4 is 15.4 Å². The van der Waals surface area contributed by atoms with Crippen molar-refractivity contribution in [3.63, 3.8) is 0 Å². The quantitative estimate of drug-likeness (QED) is 0.477. The summed E-state index contributed by atoms with van der Waals surface area (Å²) in [5.74, 6) is 1.29. The molecule has 0 atom stereocenters. The first-order valence-corrected chi connectivity index (χ1v) is 10.5. The molecule has 0 saturated heterocycles. The van der Waals surface area contributed by atoms with E-state index in [2.05, 4.69) is 10.6 Å². The van der Waals surface area contributed by atoms with Crippen LogP contribution in [0.1, 0.15) is 5.76 Å². The second-order valence-electron chi connectivity index (χ2n) is 7.11. The molecule has 9 heteroatoms. The molecule has 1 aromatic heterocycles. The summed E-state index contributed by atoms with van der Waals surface area (Å²) >= 11 is 11.9. The molecule has 2 N–H and O–H groups in total. The number of rotatable bonds is 9. The van der Waals surface area contributed by atoms with Crippen LogP contribution in [-0.4, -0.2) is 44.0 Å². The van der Waals surface area contributed by atoms with Gasteiger partial charge in [0.15, 0.2) is 0 Å². The number of anilines is 1. The Balaban J connectivity index is 1.45. The molecule has 0 fully saturated rings. The van der Waals surface area contributed by atoms with Crippen LogP contribution in [-0.2, 0) is 16.1 Å². The fourth-order valence-electron chi connectivity index (χ4n) is 3.00. The van der Waals surface area contributed by atoms with Gasteiger partial charge in [0.1, 0.15) is 17.3 Å². The third-order valence-electron chi connectivity index (χ3n) is 4.51. The smallest absolute Gasteiger partial charge is 0.238 e. The number of nitrogens with zero attached hydrogens (tertiary/aromatic N) is 1. The molecule has 0 aliphatic carbocycles. The predicted octanol–water partition coefficient (Wildman–Crippen LogP) is 4.45. The number of benzene rings is 2. The lowest BCUT2D eigenvalue weighted by atomic mass is 10.2. The molecule has 168 valence electrons. The molecule has 0 aliphatic rings. The summed E-state index contributed by atoms with van der Waals surface area (Å²) in [4.78, 5) is 26.2. The Morgan fingerprint density at radius 3 is 2.38 bits per heavy atom. The van der Waals surface area contributed by atoms with Gasteiger partial charge in [-0.25, -0.2) is 0 Å². The van der Waals surface area contributed by atoms with Gasteiger partial charge in [-0.15, -0.1) is 0 Å². The van der Waals surface area contributed by atoms with Crippen molar-refractivity contribution in [2.45, 2.75) is 6.54 Å². The van der Waals surface area contributed by atoms with Crippen LogP contribution in [0, 0.1) is 0 Å². The molecule has 3 aromatic rings. The number of hydrogen-bond acceptors (Lipinski definition) is 5. The molecule has 0 bridgehead atoms. The third kappa shape index (κ3) is 6.75. The molecule has 3 rings (SSSR count). The zero-order valence-electron chi connectivity index (χ0n) is 17.7. The minimum Gasteiger partial charge on any atom is -0.495 e. The standard InChI is InChI=1S/C23H23Cl2N3O4/c1-28(14-23(30)27-19-11-17(25)7-9-21(19)31-2)13-22(29)26-12-18-8-10-20(32-18)15-3-5-16(24)6-4-15/h3-11H,12-14H2,1-2H3,(H,26,29)(H,27,30). The summed E-state index contributed by atoms with van der Waals surface area (Å²) in [6, 6.07) is 15.9. The van der Waals surface area contributed by atoms with Gasteiger partial charge in [-0.05, 0) is 61.6 Å². The highest BCUT2D eigenvalue weighted by Crippen LogP contribution is 2.27. The Morgan fingerprint density at radius 2 is 1.66 bits per heavy atom. The Hall–Kier alpha value is -3.00. The lowest BCUT2D eigenvalue weighted by Crippen LogP contribution is -2.38. The number of hydrogen-bond donors (Lipinski definition) is 2. The predicted molar refractivity (Wildman–Crippen MR) is 125 cm³/mol. The summed E-state index contributed by atoms with van der Waals surface area (Å²) in [6.45, 7) is 0.307. The maximum absolute atomic E-state index is 12.3. The van der Waals surface area contributed by atoms with Crippen molar-refractivity contribution in [1.82, 2.24) is 10.2 Å². The topological polar surface area (TPSA) is 83.8 Å². The Morgan fingerprint density at radius 1 is 0.969 bits per heavy atom. The van der Waals surface area contributed by atoms with Crippen molar-refractivity contribution >= 4 is 40.7 Å². The molecular weight excluding hydrogens is 453 g/mol. The van der Waals surface area contributed by atoms with E-state index in [1.165, 1.54) is 7.11 Å². The first kappa shape index (κ1) is 23.7. The number of amides is 2. The lowest BCUT2D eigenvalue weighted by molar-refractivity contribution is -0.123. The Kier molecular flexibility index (Phi) is 8.16. The van der Waals surface area contributed by atoms with Crippen LogP contribution in [0.15, 0.2) is 59.0 Å². The second kappa shape index (κ2) is 11.0. The fraction of sp³-hybridized carbons (Fsp3) is 0.217. The molecule has 0 radical (unpaired) electrons. The van der Waals surface area contributed by atoms with Crippen molar-refractivity contribution in [3.8, 4) is 17.1 Å². The molecule has 2 aromatic carbocycles. The molecule has 0 unspecified atom stereocenters. The van der Waals surface area contributed by atoms with E-state index in [1.54, 1.807) is 48.3 Å². The van der Waals surface area contributed by atoms with Gasteiger partial charge in [0.25, 0.3) is 0 Å². The highest BCUT2D eigenvalue weighted by molar-refractivity contribution is 6.31. The van der Waals surface area contributed by atoms with Crippen molar-refractivity contribution < 1.29 is 18.7 Å². The summed E-state index contributed by atoms with van der Waals surface area (Å²) in [5.41, 5.74) is 1.37. The summed E-state index contributed by atoms with van der Waals surface area (Å²) < 4.78 is 11.0. The number of halogens is 2. The molecule has 0 aliphatic heterocycles. The van der Waals surface area contributed by atoms with Crippen molar-refractivity contribution in [2.24, 2.45) is 0 Å². The van der Waals surface area contributed by atoms with E-state index in [4.69, 9.17) is 32.4 Å². The van der Waals surface area contributed by atoms with Crippen LogP contribution in [0.5, 0.6) is 5.75 Å². The highest BCUT2D eigenvalue weighted by Gasteiger charge is 2.14. The molecule has 1 heterocycles. The fourth-order valence-corrected chi connectivity index (χ4v) is 3.30. The summed E-state index contributed by atoms with van der Waals surface area (Å²) in [7, 11) is 3.19. The van der Waals surface area contributed by atoms with Crippen LogP contribution >= 0.6 is 23.2 Å². The van der Waals surface area contributed by atoms with Gasteiger partial charge in [-0.2, -0.15) is 0 Å². The maximum atomic E-state index is 12.3. The van der Waals surface area contributed by atoms with Gasteiger partial charge >= 0.3 is 0 Å². The number of methoxy groups -OCH3 is 1. The van der Waals surface area contributed by atoms with Crippen LogP contribution in [0.3, 0.4) is 0 Å². The molecule has 0 saturated carbocycles. The van der Waals surface area contributed by atoms with Gasteiger partial charge in [0.05, 0.1) is 32.4 Å². The highest BCUT2D eigenvalue weighted by atomic mass is 35.5. The van der Waals surface area contributed by atoms with Gasteiger partial charge in [0.2, 0.25) is 11.8 Å². The van der Waals surface area contributed by atoms with E-state index in [0.717, 1.165) is 5.56 Å². The molecular formula is C23H23Cl2N3O4. The van der Waals surface area contributed by atoms with Gasteiger partial charge in [-0.3, -0.25) is 14.5 Å². The second-order valence-corrected chi connectivity index (χ2v) is 7.99. The molecule has 2 amide bonds. The van der Waals surface area contributed by atoms with Gasteiger partial charge in [0, 0.05) is 15.6 Å². The maximum Gasteiger partial charge on any atom is 0.238 e. The van der Waals surface area contributed by atoms with Crippen LogP contribution in [0.25, 0.3) is 11.3 Å². The normalized spacial score (nSPS) is 10.8. The minimum absolute atomic E-state index is 0.0184. The zero-order valence-corrected chi connectivity index (χ0v) is 19.2. The van der Waals surface area contributed by atoms with E-state index in [9.17, 15) is 9.59 Å². The largest absolute Gasteiger partial charge is 0.495 e. The average molecular weight is 476 g/mol. The van der Waals surface area contributed by atoms with E-state index < -0.39 is 0 Å². The number of nitrogens with one attached hydrogen (secondary N) is 2. The van der Waals surface area contributed by atoms with E-state index in [1.807, 2.05) is 18.2 Å². The van der Waals surface area contributed by atoms with Crippen LogP contribution in [0.4, 0.5) is 5.69 Å². The van der Waals surface area contributed by atoms with Crippen molar-refractivity contribution in [1.29, 1.82) is 0 Å². The third-order valence-corrected chi connectivity index (χ3v) is 5.00.